The van der Waals surface area contributed by atoms with Crippen molar-refractivity contribution in [2.45, 2.75) is 38.3 Å². The van der Waals surface area contributed by atoms with Crippen LogP contribution in [0, 0.1) is 0 Å². The molecule has 2 heterocycles. The van der Waals surface area contributed by atoms with Crippen LogP contribution in [0.5, 0.6) is 0 Å². The third-order valence-corrected chi connectivity index (χ3v) is 5.52. The van der Waals surface area contributed by atoms with Gasteiger partial charge in [-0.25, -0.2) is 4.79 Å². The van der Waals surface area contributed by atoms with Crippen LogP contribution in [0.3, 0.4) is 0 Å². The smallest absolute Gasteiger partial charge is 0.408 e. The van der Waals surface area contributed by atoms with Gasteiger partial charge in [-0.3, -0.25) is 14.2 Å². The van der Waals surface area contributed by atoms with Crippen molar-refractivity contribution in [3.63, 3.8) is 0 Å². The minimum atomic E-state index is -0.379. The van der Waals surface area contributed by atoms with Gasteiger partial charge in [0.05, 0.1) is 31.7 Å². The maximum absolute atomic E-state index is 12.5. The van der Waals surface area contributed by atoms with E-state index in [0.717, 1.165) is 31.4 Å². The molecule has 0 radical (unpaired) electrons. The van der Waals surface area contributed by atoms with Crippen molar-refractivity contribution >= 4 is 22.9 Å². The number of aryl methyl sites for hydroxylation is 1. The molecule has 2 amide bonds. The second-order valence-electron chi connectivity index (χ2n) is 7.74. The Hall–Kier alpha value is -2.61. The molecular weight excluding hydrogens is 360 g/mol. The molecule has 1 saturated carbocycles. The van der Waals surface area contributed by atoms with Crippen molar-refractivity contribution in [1.82, 2.24) is 14.8 Å². The van der Waals surface area contributed by atoms with Gasteiger partial charge in [0, 0.05) is 19.0 Å². The molecule has 1 aromatic carbocycles. The van der Waals surface area contributed by atoms with E-state index in [9.17, 15) is 14.4 Å². The highest BCUT2D eigenvalue weighted by Gasteiger charge is 2.28. The van der Waals surface area contributed by atoms with Crippen LogP contribution in [0.2, 0.25) is 0 Å². The highest BCUT2D eigenvalue weighted by Crippen LogP contribution is 2.18. The summed E-state index contributed by atoms with van der Waals surface area (Å²) in [6, 6.07) is 7.71. The third kappa shape index (κ3) is 4.44. The molecule has 0 unspecified atom stereocenters. The van der Waals surface area contributed by atoms with E-state index < -0.39 is 0 Å². The Bertz CT molecular complexity index is 906. The summed E-state index contributed by atoms with van der Waals surface area (Å²) >= 11 is 0. The van der Waals surface area contributed by atoms with Gasteiger partial charge in [0.15, 0.2) is 12.1 Å². The van der Waals surface area contributed by atoms with Crippen molar-refractivity contribution in [2.75, 3.05) is 32.7 Å². The predicted octanol–water partition coefficient (Wildman–Crippen LogP) is -0.620. The molecule has 2 N–H and O–H groups in total. The first-order valence-corrected chi connectivity index (χ1v) is 10.1. The Balaban J connectivity index is 1.21. The summed E-state index contributed by atoms with van der Waals surface area (Å²) in [6.07, 6.45) is 3.21. The van der Waals surface area contributed by atoms with Gasteiger partial charge in [-0.05, 0) is 31.4 Å². The lowest BCUT2D eigenvalue weighted by Crippen LogP contribution is -3.15. The Morgan fingerprint density at radius 2 is 1.93 bits per heavy atom. The average Bonchev–Trinajstić information content (AvgIpc) is 3.44. The molecular formula is C20H27N4O4+. The molecule has 0 atom stereocenters. The number of hydrogen-bond acceptors (Lipinski definition) is 4. The lowest BCUT2D eigenvalue weighted by atomic mass is 10.2. The normalized spacial score (nSPS) is 17.8. The molecule has 1 aliphatic carbocycles. The minimum Gasteiger partial charge on any atom is -0.408 e. The van der Waals surface area contributed by atoms with E-state index in [4.69, 9.17) is 4.42 Å². The van der Waals surface area contributed by atoms with Crippen molar-refractivity contribution in [2.24, 2.45) is 0 Å². The summed E-state index contributed by atoms with van der Waals surface area (Å²) in [7, 11) is 0. The Kier molecular flexibility index (Phi) is 5.47. The number of benzene rings is 1. The van der Waals surface area contributed by atoms with E-state index in [1.54, 1.807) is 10.6 Å². The van der Waals surface area contributed by atoms with Crippen LogP contribution in [-0.2, 0) is 16.1 Å². The van der Waals surface area contributed by atoms with Crippen LogP contribution in [0.4, 0.5) is 0 Å². The number of fused-ring (bicyclic) bond motifs is 1. The monoisotopic (exact) mass is 387 g/mol. The predicted molar refractivity (Wildman–Crippen MR) is 103 cm³/mol. The van der Waals surface area contributed by atoms with E-state index >= 15 is 0 Å². The van der Waals surface area contributed by atoms with E-state index in [0.29, 0.717) is 50.6 Å². The molecule has 8 nitrogen and oxygen atoms in total. The standard InChI is InChI=1S/C20H26N4O4/c25-18(21-15-7-8-15)14-22-10-12-23(13-11-22)19(26)6-3-9-24-16-4-1-2-5-17(16)28-20(24)27/h1-2,4-5,15H,3,6-14H2,(H,21,25)/p+1. The molecule has 150 valence electrons. The maximum atomic E-state index is 12.5. The number of oxazole rings is 1. The van der Waals surface area contributed by atoms with Gasteiger partial charge in [0.2, 0.25) is 5.91 Å². The van der Waals surface area contributed by atoms with Crippen LogP contribution in [-0.4, -0.2) is 60.0 Å². The number of para-hydroxylation sites is 2. The Labute approximate surface area is 163 Å². The summed E-state index contributed by atoms with van der Waals surface area (Å²) in [6.45, 7) is 3.92. The van der Waals surface area contributed by atoms with Crippen LogP contribution < -0.4 is 16.0 Å². The summed E-state index contributed by atoms with van der Waals surface area (Å²) in [5.41, 5.74) is 1.34. The highest BCUT2D eigenvalue weighted by atomic mass is 16.4. The molecule has 4 rings (SSSR count). The van der Waals surface area contributed by atoms with Gasteiger partial charge in [0.1, 0.15) is 0 Å². The van der Waals surface area contributed by atoms with Crippen LogP contribution in [0.25, 0.3) is 11.1 Å². The third-order valence-electron chi connectivity index (χ3n) is 5.52. The van der Waals surface area contributed by atoms with Gasteiger partial charge in [-0.2, -0.15) is 0 Å². The average molecular weight is 387 g/mol. The number of piperazine rings is 1. The van der Waals surface area contributed by atoms with E-state index in [1.165, 1.54) is 4.90 Å². The maximum Gasteiger partial charge on any atom is 0.419 e. The van der Waals surface area contributed by atoms with E-state index in [-0.39, 0.29) is 17.6 Å². The second-order valence-corrected chi connectivity index (χ2v) is 7.74. The van der Waals surface area contributed by atoms with Gasteiger partial charge < -0.3 is 19.5 Å². The van der Waals surface area contributed by atoms with Gasteiger partial charge in [0.25, 0.3) is 5.91 Å². The van der Waals surface area contributed by atoms with Crippen LogP contribution in [0.1, 0.15) is 25.7 Å². The number of amides is 2. The number of quaternary nitrogens is 1. The molecule has 1 aliphatic heterocycles. The fraction of sp³-hybridized carbons (Fsp3) is 0.550. The highest BCUT2D eigenvalue weighted by molar-refractivity contribution is 5.78. The van der Waals surface area contributed by atoms with Gasteiger partial charge in [-0.1, -0.05) is 12.1 Å². The van der Waals surface area contributed by atoms with E-state index in [1.807, 2.05) is 23.1 Å². The molecule has 0 bridgehead atoms. The number of hydrogen-bond donors (Lipinski definition) is 2. The fourth-order valence-electron chi connectivity index (χ4n) is 3.75. The number of carbonyl (C=O) groups excluding carboxylic acids is 2. The Morgan fingerprint density at radius 3 is 2.68 bits per heavy atom. The first-order valence-electron chi connectivity index (χ1n) is 10.1. The van der Waals surface area contributed by atoms with Crippen LogP contribution in [0.15, 0.2) is 33.5 Å². The minimum absolute atomic E-state index is 0.113. The zero-order valence-corrected chi connectivity index (χ0v) is 16.0. The SMILES string of the molecule is O=C(C[NH+]1CCN(C(=O)CCCn2c(=O)oc3ccccc32)CC1)NC1CC1. The zero-order chi connectivity index (χ0) is 19.5. The topological polar surface area (TPSA) is 89.0 Å². The molecule has 2 aliphatic rings. The molecule has 2 aromatic rings. The molecule has 2 fully saturated rings. The molecule has 8 heteroatoms. The fourth-order valence-corrected chi connectivity index (χ4v) is 3.75. The molecule has 28 heavy (non-hydrogen) atoms. The molecule has 0 spiro atoms. The quantitative estimate of drug-likeness (QED) is 0.663. The zero-order valence-electron chi connectivity index (χ0n) is 16.0. The van der Waals surface area contributed by atoms with Crippen molar-refractivity contribution in [1.29, 1.82) is 0 Å². The van der Waals surface area contributed by atoms with Crippen molar-refractivity contribution in [3.8, 4) is 0 Å². The van der Waals surface area contributed by atoms with E-state index in [2.05, 4.69) is 5.32 Å². The first kappa shape index (κ1) is 18.7. The number of carbonyl (C=O) groups is 2. The van der Waals surface area contributed by atoms with Crippen LogP contribution >= 0.6 is 0 Å². The number of rotatable bonds is 7. The van der Waals surface area contributed by atoms with Crippen molar-refractivity contribution < 1.29 is 18.9 Å². The van der Waals surface area contributed by atoms with Gasteiger partial charge in [-0.15, -0.1) is 0 Å². The molecule has 1 saturated heterocycles. The number of aromatic nitrogens is 1. The summed E-state index contributed by atoms with van der Waals surface area (Å²) in [4.78, 5) is 39.5. The lowest BCUT2D eigenvalue weighted by molar-refractivity contribution is -0.896. The summed E-state index contributed by atoms with van der Waals surface area (Å²) in [5.74, 6) is -0.146. The van der Waals surface area contributed by atoms with Gasteiger partial charge >= 0.3 is 5.76 Å². The summed E-state index contributed by atoms with van der Waals surface area (Å²) < 4.78 is 6.81. The number of nitrogens with one attached hydrogen (secondary N) is 2. The summed E-state index contributed by atoms with van der Waals surface area (Å²) in [5, 5.41) is 3.02. The molecule has 1 aromatic heterocycles. The first-order chi connectivity index (χ1) is 13.6. The Morgan fingerprint density at radius 1 is 1.18 bits per heavy atom. The number of nitrogens with zero attached hydrogens (tertiary/aromatic N) is 2. The lowest BCUT2D eigenvalue weighted by Gasteiger charge is -2.32. The second kappa shape index (κ2) is 8.18. The van der Waals surface area contributed by atoms with Crippen molar-refractivity contribution in [3.05, 3.63) is 34.8 Å². The largest absolute Gasteiger partial charge is 0.419 e.